The second-order valence-corrected chi connectivity index (χ2v) is 6.62. The maximum absolute atomic E-state index is 13.3. The molecule has 1 amide bonds. The van der Waals surface area contributed by atoms with E-state index in [1.165, 1.54) is 6.07 Å². The molecule has 0 spiro atoms. The maximum Gasteiger partial charge on any atom is 0.258 e. The topological polar surface area (TPSA) is 40.5 Å². The molecule has 5 heteroatoms. The van der Waals surface area contributed by atoms with Crippen LogP contribution in [0.3, 0.4) is 0 Å². The number of aromatic hydroxyl groups is 1. The van der Waals surface area contributed by atoms with Gasteiger partial charge in [0, 0.05) is 16.9 Å². The molecule has 2 unspecified atom stereocenters. The van der Waals surface area contributed by atoms with E-state index in [1.807, 2.05) is 4.90 Å². The first-order chi connectivity index (χ1) is 9.06. The van der Waals surface area contributed by atoms with Crippen LogP contribution in [0.2, 0.25) is 0 Å². The minimum atomic E-state index is -0.496. The van der Waals surface area contributed by atoms with Gasteiger partial charge in [-0.2, -0.15) is 0 Å². The Morgan fingerprint density at radius 1 is 1.32 bits per heavy atom. The lowest BCUT2D eigenvalue weighted by atomic mass is 10.0. The van der Waals surface area contributed by atoms with Crippen LogP contribution in [0.1, 0.15) is 36.0 Å². The minimum absolute atomic E-state index is 0.0740. The van der Waals surface area contributed by atoms with E-state index in [0.29, 0.717) is 4.83 Å². The predicted octanol–water partition coefficient (Wildman–Crippen LogP) is 3.06. The van der Waals surface area contributed by atoms with Crippen LogP contribution in [0.25, 0.3) is 0 Å². The Hall–Kier alpha value is -1.10. The number of benzene rings is 1. The molecule has 19 heavy (non-hydrogen) atoms. The third kappa shape index (κ3) is 2.24. The fourth-order valence-electron chi connectivity index (χ4n) is 3.26. The van der Waals surface area contributed by atoms with E-state index in [9.17, 15) is 14.3 Å². The number of carbonyl (C=O) groups is 1. The zero-order valence-electron chi connectivity index (χ0n) is 10.4. The summed E-state index contributed by atoms with van der Waals surface area (Å²) in [6.07, 6.45) is 3.85. The van der Waals surface area contributed by atoms with Crippen molar-refractivity contribution < 1.29 is 14.3 Å². The molecular formula is C14H15BrFNO2. The molecule has 3 rings (SSSR count). The van der Waals surface area contributed by atoms with Crippen LogP contribution in [-0.4, -0.2) is 32.8 Å². The monoisotopic (exact) mass is 327 g/mol. The van der Waals surface area contributed by atoms with Gasteiger partial charge in [-0.25, -0.2) is 4.39 Å². The van der Waals surface area contributed by atoms with Gasteiger partial charge >= 0.3 is 0 Å². The molecule has 2 atom stereocenters. The highest BCUT2D eigenvalue weighted by Crippen LogP contribution is 2.40. The molecule has 2 bridgehead atoms. The highest BCUT2D eigenvalue weighted by molar-refractivity contribution is 9.09. The average molecular weight is 328 g/mol. The van der Waals surface area contributed by atoms with Gasteiger partial charge in [-0.05, 0) is 43.9 Å². The summed E-state index contributed by atoms with van der Waals surface area (Å²) in [4.78, 5) is 14.8. The first-order valence-corrected chi connectivity index (χ1v) is 7.43. The molecule has 2 fully saturated rings. The highest BCUT2D eigenvalue weighted by atomic mass is 79.9. The number of halogens is 2. The fraction of sp³-hybridized carbons (Fsp3) is 0.500. The van der Waals surface area contributed by atoms with Crippen molar-refractivity contribution in [3.63, 3.8) is 0 Å². The van der Waals surface area contributed by atoms with Gasteiger partial charge in [-0.1, -0.05) is 15.9 Å². The van der Waals surface area contributed by atoms with Crippen molar-refractivity contribution in [1.29, 1.82) is 0 Å². The summed E-state index contributed by atoms with van der Waals surface area (Å²) in [7, 11) is 0. The molecule has 0 radical (unpaired) electrons. The lowest BCUT2D eigenvalue weighted by molar-refractivity contribution is 0.0600. The molecule has 2 saturated heterocycles. The summed E-state index contributed by atoms with van der Waals surface area (Å²) < 4.78 is 13.3. The maximum atomic E-state index is 13.3. The smallest absolute Gasteiger partial charge is 0.258 e. The number of hydrogen-bond donors (Lipinski definition) is 1. The quantitative estimate of drug-likeness (QED) is 0.805. The number of alkyl halides is 1. The molecule has 3 nitrogen and oxygen atoms in total. The normalized spacial score (nSPS) is 29.6. The molecular weight excluding hydrogens is 313 g/mol. The summed E-state index contributed by atoms with van der Waals surface area (Å²) in [6, 6.07) is 3.93. The lowest BCUT2D eigenvalue weighted by Crippen LogP contribution is -2.46. The highest BCUT2D eigenvalue weighted by Gasteiger charge is 2.43. The number of amides is 1. The largest absolute Gasteiger partial charge is 0.507 e. The molecule has 1 aromatic carbocycles. The van der Waals surface area contributed by atoms with Gasteiger partial charge in [0.25, 0.3) is 5.91 Å². The third-order valence-electron chi connectivity index (χ3n) is 4.10. The molecule has 2 aliphatic rings. The van der Waals surface area contributed by atoms with Gasteiger partial charge in [0.05, 0.1) is 5.56 Å². The molecule has 1 aromatic rings. The summed E-state index contributed by atoms with van der Waals surface area (Å²) >= 11 is 3.62. The average Bonchev–Trinajstić information content (AvgIpc) is 2.64. The van der Waals surface area contributed by atoms with Gasteiger partial charge in [-0.3, -0.25) is 4.79 Å². The van der Waals surface area contributed by atoms with Crippen LogP contribution in [-0.2, 0) is 0 Å². The van der Waals surface area contributed by atoms with Crippen molar-refractivity contribution in [3.05, 3.63) is 29.6 Å². The summed E-state index contributed by atoms with van der Waals surface area (Å²) in [5.41, 5.74) is 0.0740. The first kappa shape index (κ1) is 12.9. The number of piperidine rings is 1. The van der Waals surface area contributed by atoms with Crippen molar-refractivity contribution in [2.24, 2.45) is 0 Å². The van der Waals surface area contributed by atoms with E-state index >= 15 is 0 Å². The Kier molecular flexibility index (Phi) is 3.25. The number of hydrogen-bond acceptors (Lipinski definition) is 2. The van der Waals surface area contributed by atoms with E-state index in [1.54, 1.807) is 0 Å². The van der Waals surface area contributed by atoms with Crippen LogP contribution < -0.4 is 0 Å². The zero-order chi connectivity index (χ0) is 13.6. The molecule has 1 N–H and O–H groups in total. The molecule has 0 saturated carbocycles. The molecule has 0 aliphatic carbocycles. The lowest BCUT2D eigenvalue weighted by Gasteiger charge is -2.37. The van der Waals surface area contributed by atoms with Crippen molar-refractivity contribution in [1.82, 2.24) is 4.90 Å². The second-order valence-electron chi connectivity index (χ2n) is 5.33. The predicted molar refractivity (Wildman–Crippen MR) is 73.0 cm³/mol. The van der Waals surface area contributed by atoms with Crippen molar-refractivity contribution in [2.45, 2.75) is 42.6 Å². The Morgan fingerprint density at radius 2 is 1.95 bits per heavy atom. The second kappa shape index (κ2) is 4.78. The van der Waals surface area contributed by atoms with Crippen molar-refractivity contribution in [2.75, 3.05) is 0 Å². The summed E-state index contributed by atoms with van der Waals surface area (Å²) in [5.74, 6) is -0.889. The molecule has 102 valence electrons. The van der Waals surface area contributed by atoms with E-state index in [2.05, 4.69) is 15.9 Å². The number of nitrogens with zero attached hydrogens (tertiary/aromatic N) is 1. The van der Waals surface area contributed by atoms with Crippen LogP contribution in [0.5, 0.6) is 5.75 Å². The SMILES string of the molecule is O=C(c1cc(F)ccc1O)N1C2CCC1CC(Br)C2. The zero-order valence-corrected chi connectivity index (χ0v) is 11.9. The Labute approximate surface area is 119 Å². The Balaban J connectivity index is 1.90. The number of rotatable bonds is 1. The van der Waals surface area contributed by atoms with Gasteiger partial charge < -0.3 is 10.0 Å². The van der Waals surface area contributed by atoms with Crippen LogP contribution in [0.15, 0.2) is 18.2 Å². The number of fused-ring (bicyclic) bond motifs is 2. The van der Waals surface area contributed by atoms with E-state index in [4.69, 9.17) is 0 Å². The van der Waals surface area contributed by atoms with E-state index in [0.717, 1.165) is 37.8 Å². The first-order valence-electron chi connectivity index (χ1n) is 6.51. The van der Waals surface area contributed by atoms with Gasteiger partial charge in [0.2, 0.25) is 0 Å². The van der Waals surface area contributed by atoms with E-state index < -0.39 is 5.82 Å². The Bertz CT molecular complexity index is 508. The van der Waals surface area contributed by atoms with Gasteiger partial charge in [0.15, 0.2) is 0 Å². The van der Waals surface area contributed by atoms with Gasteiger partial charge in [0.1, 0.15) is 11.6 Å². The third-order valence-corrected chi connectivity index (χ3v) is 4.85. The van der Waals surface area contributed by atoms with Crippen LogP contribution in [0, 0.1) is 5.82 Å². The van der Waals surface area contributed by atoms with Crippen molar-refractivity contribution in [3.8, 4) is 5.75 Å². The fourth-order valence-corrected chi connectivity index (χ4v) is 4.12. The summed E-state index contributed by atoms with van der Waals surface area (Å²) in [6.45, 7) is 0. The van der Waals surface area contributed by atoms with Crippen LogP contribution >= 0.6 is 15.9 Å². The standard InChI is InChI=1S/C14H15BrFNO2/c15-8-5-10-2-3-11(6-8)17(10)14(19)12-7-9(16)1-4-13(12)18/h1,4,7-8,10-11,18H,2-3,5-6H2. The molecule has 0 aromatic heterocycles. The minimum Gasteiger partial charge on any atom is -0.507 e. The van der Waals surface area contributed by atoms with Gasteiger partial charge in [-0.15, -0.1) is 0 Å². The molecule has 2 aliphatic heterocycles. The Morgan fingerprint density at radius 3 is 2.58 bits per heavy atom. The number of phenols is 1. The van der Waals surface area contributed by atoms with Crippen molar-refractivity contribution >= 4 is 21.8 Å². The number of carbonyl (C=O) groups excluding carboxylic acids is 1. The summed E-state index contributed by atoms with van der Waals surface area (Å²) in [5, 5.41) is 9.76. The molecule has 2 heterocycles. The van der Waals surface area contributed by atoms with E-state index in [-0.39, 0.29) is 29.3 Å². The van der Waals surface area contributed by atoms with Crippen LogP contribution in [0.4, 0.5) is 4.39 Å². The number of phenolic OH excluding ortho intramolecular Hbond substituents is 1.